The second-order valence-electron chi connectivity index (χ2n) is 4.06. The molecule has 0 aliphatic carbocycles. The van der Waals surface area contributed by atoms with Crippen molar-refractivity contribution >= 4 is 5.91 Å². The predicted molar refractivity (Wildman–Crippen MR) is 64.1 cm³/mol. The van der Waals surface area contributed by atoms with E-state index >= 15 is 0 Å². The number of nitrogens with zero attached hydrogens (tertiary/aromatic N) is 2. The van der Waals surface area contributed by atoms with Crippen LogP contribution in [0, 0.1) is 11.3 Å². The van der Waals surface area contributed by atoms with Crippen molar-refractivity contribution in [2.75, 3.05) is 20.3 Å². The summed E-state index contributed by atoms with van der Waals surface area (Å²) in [6.45, 7) is 1.56. The quantitative estimate of drug-likeness (QED) is 0.807. The number of fused-ring (bicyclic) bond motifs is 1. The van der Waals surface area contributed by atoms with Gasteiger partial charge in [0.2, 0.25) is 5.91 Å². The smallest absolute Gasteiger partial charge is 0.236 e. The molecule has 0 radical (unpaired) electrons. The Balaban J connectivity index is 2.06. The Morgan fingerprint density at radius 2 is 2.11 bits per heavy atom. The lowest BCUT2D eigenvalue weighted by Gasteiger charge is -2.20. The Bertz CT molecular complexity index is 493. The highest BCUT2D eigenvalue weighted by atomic mass is 16.6. The standard InChI is InChI=1S/C13H14N2O3/c1-15(13(16)4-5-14)9-10-2-3-11-12(8-10)18-7-6-17-11/h2-3,8H,4,6-7,9H2,1H3. The zero-order valence-electron chi connectivity index (χ0n) is 10.2. The Kier molecular flexibility index (Phi) is 3.68. The van der Waals surface area contributed by atoms with Crippen LogP contribution in [-0.4, -0.2) is 31.1 Å². The van der Waals surface area contributed by atoms with Crippen LogP contribution in [0.2, 0.25) is 0 Å². The van der Waals surface area contributed by atoms with E-state index in [2.05, 4.69) is 0 Å². The highest BCUT2D eigenvalue weighted by molar-refractivity contribution is 5.77. The number of nitriles is 1. The maximum absolute atomic E-state index is 11.5. The van der Waals surface area contributed by atoms with E-state index in [-0.39, 0.29) is 12.3 Å². The lowest BCUT2D eigenvalue weighted by atomic mass is 10.2. The molecule has 1 aromatic carbocycles. The molecule has 1 aliphatic heterocycles. The Labute approximate surface area is 106 Å². The van der Waals surface area contributed by atoms with E-state index in [1.54, 1.807) is 7.05 Å². The largest absolute Gasteiger partial charge is 0.486 e. The van der Waals surface area contributed by atoms with Gasteiger partial charge < -0.3 is 14.4 Å². The first kappa shape index (κ1) is 12.2. The van der Waals surface area contributed by atoms with Crippen LogP contribution >= 0.6 is 0 Å². The molecule has 0 aromatic heterocycles. The molecule has 0 unspecified atom stereocenters. The second-order valence-corrected chi connectivity index (χ2v) is 4.06. The van der Waals surface area contributed by atoms with Gasteiger partial charge in [-0.25, -0.2) is 0 Å². The summed E-state index contributed by atoms with van der Waals surface area (Å²) in [6, 6.07) is 7.45. The topological polar surface area (TPSA) is 62.6 Å². The molecule has 18 heavy (non-hydrogen) atoms. The second kappa shape index (κ2) is 5.41. The first-order valence-corrected chi connectivity index (χ1v) is 5.70. The third-order valence-corrected chi connectivity index (χ3v) is 2.68. The number of hydrogen-bond acceptors (Lipinski definition) is 4. The fourth-order valence-electron chi connectivity index (χ4n) is 1.75. The van der Waals surface area contributed by atoms with Crippen LogP contribution in [0.1, 0.15) is 12.0 Å². The molecular formula is C13H14N2O3. The maximum atomic E-state index is 11.5. The van der Waals surface area contributed by atoms with Gasteiger partial charge in [-0.15, -0.1) is 0 Å². The van der Waals surface area contributed by atoms with Crippen molar-refractivity contribution in [1.29, 1.82) is 5.26 Å². The van der Waals surface area contributed by atoms with Crippen molar-refractivity contribution in [1.82, 2.24) is 4.90 Å². The van der Waals surface area contributed by atoms with E-state index in [4.69, 9.17) is 14.7 Å². The maximum Gasteiger partial charge on any atom is 0.236 e. The normalized spacial score (nSPS) is 12.7. The van der Waals surface area contributed by atoms with E-state index in [1.807, 2.05) is 24.3 Å². The molecule has 0 atom stereocenters. The van der Waals surface area contributed by atoms with Crippen LogP contribution in [0.4, 0.5) is 0 Å². The van der Waals surface area contributed by atoms with Crippen LogP contribution in [0.3, 0.4) is 0 Å². The highest BCUT2D eigenvalue weighted by Gasteiger charge is 2.14. The van der Waals surface area contributed by atoms with Crippen molar-refractivity contribution in [2.24, 2.45) is 0 Å². The molecule has 0 bridgehead atoms. The zero-order valence-corrected chi connectivity index (χ0v) is 10.2. The minimum Gasteiger partial charge on any atom is -0.486 e. The Morgan fingerprint density at radius 3 is 2.83 bits per heavy atom. The molecule has 1 aliphatic rings. The molecule has 0 spiro atoms. The molecule has 1 amide bonds. The van der Waals surface area contributed by atoms with Gasteiger partial charge in [0.25, 0.3) is 0 Å². The van der Waals surface area contributed by atoms with Crippen molar-refractivity contribution in [3.05, 3.63) is 23.8 Å². The summed E-state index contributed by atoms with van der Waals surface area (Å²) < 4.78 is 10.9. The molecule has 5 heteroatoms. The van der Waals surface area contributed by atoms with Crippen molar-refractivity contribution < 1.29 is 14.3 Å². The minimum absolute atomic E-state index is 0.0962. The van der Waals surface area contributed by atoms with Gasteiger partial charge in [-0.1, -0.05) is 6.07 Å². The SMILES string of the molecule is CN(Cc1ccc2c(c1)OCCO2)C(=O)CC#N. The van der Waals surface area contributed by atoms with Crippen molar-refractivity contribution in [2.45, 2.75) is 13.0 Å². The summed E-state index contributed by atoms with van der Waals surface area (Å²) >= 11 is 0. The van der Waals surface area contributed by atoms with Crippen LogP contribution in [0.15, 0.2) is 18.2 Å². The first-order chi connectivity index (χ1) is 8.70. The lowest BCUT2D eigenvalue weighted by molar-refractivity contribution is -0.129. The Morgan fingerprint density at radius 1 is 1.39 bits per heavy atom. The fourth-order valence-corrected chi connectivity index (χ4v) is 1.75. The van der Waals surface area contributed by atoms with Gasteiger partial charge in [-0.05, 0) is 17.7 Å². The average molecular weight is 246 g/mol. The van der Waals surface area contributed by atoms with E-state index in [0.717, 1.165) is 11.3 Å². The summed E-state index contributed by atoms with van der Waals surface area (Å²) in [4.78, 5) is 13.0. The van der Waals surface area contributed by atoms with Crippen LogP contribution in [0.25, 0.3) is 0 Å². The number of carbonyl (C=O) groups excluding carboxylic acids is 1. The van der Waals surface area contributed by atoms with Gasteiger partial charge >= 0.3 is 0 Å². The first-order valence-electron chi connectivity index (χ1n) is 5.70. The van der Waals surface area contributed by atoms with Gasteiger partial charge in [0.1, 0.15) is 19.6 Å². The summed E-state index contributed by atoms with van der Waals surface area (Å²) in [6.07, 6.45) is -0.0962. The van der Waals surface area contributed by atoms with Gasteiger partial charge in [-0.2, -0.15) is 5.26 Å². The van der Waals surface area contributed by atoms with Crippen LogP contribution in [0.5, 0.6) is 11.5 Å². The predicted octanol–water partition coefficient (Wildman–Crippen LogP) is 1.33. The highest BCUT2D eigenvalue weighted by Crippen LogP contribution is 2.30. The number of amides is 1. The molecule has 0 saturated heterocycles. The van der Waals surface area contributed by atoms with Crippen molar-refractivity contribution in [3.63, 3.8) is 0 Å². The number of hydrogen-bond donors (Lipinski definition) is 0. The summed E-state index contributed by atoms with van der Waals surface area (Å²) in [5.41, 5.74) is 0.952. The van der Waals surface area contributed by atoms with Gasteiger partial charge in [0.15, 0.2) is 11.5 Å². The lowest BCUT2D eigenvalue weighted by Crippen LogP contribution is -2.25. The van der Waals surface area contributed by atoms with Crippen molar-refractivity contribution in [3.8, 4) is 17.6 Å². The average Bonchev–Trinajstić information content (AvgIpc) is 2.39. The molecule has 2 rings (SSSR count). The Hall–Kier alpha value is -2.22. The molecule has 0 N–H and O–H groups in total. The third-order valence-electron chi connectivity index (χ3n) is 2.68. The molecule has 94 valence electrons. The van der Waals surface area contributed by atoms with Gasteiger partial charge in [0.05, 0.1) is 6.07 Å². The van der Waals surface area contributed by atoms with E-state index in [0.29, 0.717) is 25.5 Å². The summed E-state index contributed by atoms with van der Waals surface area (Å²) in [7, 11) is 1.68. The molecule has 0 fully saturated rings. The number of benzene rings is 1. The monoisotopic (exact) mass is 246 g/mol. The molecule has 5 nitrogen and oxygen atoms in total. The van der Waals surface area contributed by atoms with Gasteiger partial charge in [-0.3, -0.25) is 4.79 Å². The van der Waals surface area contributed by atoms with Crippen LogP contribution in [-0.2, 0) is 11.3 Å². The van der Waals surface area contributed by atoms with Crippen LogP contribution < -0.4 is 9.47 Å². The number of rotatable bonds is 3. The fraction of sp³-hybridized carbons (Fsp3) is 0.385. The molecule has 0 saturated carbocycles. The third kappa shape index (κ3) is 2.72. The van der Waals surface area contributed by atoms with E-state index in [1.165, 1.54) is 4.90 Å². The molecule has 1 heterocycles. The van der Waals surface area contributed by atoms with Gasteiger partial charge in [0, 0.05) is 13.6 Å². The summed E-state index contributed by atoms with van der Waals surface area (Å²) in [5, 5.41) is 8.48. The zero-order chi connectivity index (χ0) is 13.0. The van der Waals surface area contributed by atoms with E-state index < -0.39 is 0 Å². The van der Waals surface area contributed by atoms with E-state index in [9.17, 15) is 4.79 Å². The number of carbonyl (C=O) groups is 1. The molecule has 1 aromatic rings. The molecular weight excluding hydrogens is 232 g/mol. The number of ether oxygens (including phenoxy) is 2. The summed E-state index contributed by atoms with van der Waals surface area (Å²) in [5.74, 6) is 1.25. The minimum atomic E-state index is -0.188.